The van der Waals surface area contributed by atoms with E-state index >= 15 is 0 Å². The SMILES string of the molecule is Cc1c(Cl)cccc1S(=O)(=O)N1CCCC1CNC(=O)[C]1CCCCCCC1.[CH2].[CH2]. The van der Waals surface area contributed by atoms with Gasteiger partial charge >= 0.3 is 0 Å². The van der Waals surface area contributed by atoms with E-state index in [0.717, 1.165) is 44.4 Å². The van der Waals surface area contributed by atoms with E-state index in [1.165, 1.54) is 23.6 Å². The van der Waals surface area contributed by atoms with Crippen molar-refractivity contribution < 1.29 is 13.2 Å². The van der Waals surface area contributed by atoms with Crippen molar-refractivity contribution in [3.05, 3.63) is 49.6 Å². The van der Waals surface area contributed by atoms with Crippen molar-refractivity contribution in [3.8, 4) is 0 Å². The summed E-state index contributed by atoms with van der Waals surface area (Å²) in [5.41, 5.74) is 0.573. The second kappa shape index (κ2) is 12.1. The lowest BCUT2D eigenvalue weighted by molar-refractivity contribution is -0.120. The van der Waals surface area contributed by atoms with Crippen molar-refractivity contribution in [1.82, 2.24) is 9.62 Å². The first-order valence-corrected chi connectivity index (χ1v) is 12.1. The molecule has 1 saturated carbocycles. The maximum absolute atomic E-state index is 13.2. The number of sulfonamides is 1. The molecule has 1 aromatic rings. The van der Waals surface area contributed by atoms with Crippen LogP contribution in [0.3, 0.4) is 0 Å². The van der Waals surface area contributed by atoms with Gasteiger partial charge in [-0.2, -0.15) is 4.31 Å². The molecule has 1 aromatic carbocycles. The largest absolute Gasteiger partial charge is 0.354 e. The van der Waals surface area contributed by atoms with Gasteiger partial charge in [0.2, 0.25) is 15.9 Å². The number of hydrogen-bond acceptors (Lipinski definition) is 3. The van der Waals surface area contributed by atoms with Gasteiger partial charge in [0.15, 0.2) is 0 Å². The van der Waals surface area contributed by atoms with Gasteiger partial charge in [-0.25, -0.2) is 8.42 Å². The van der Waals surface area contributed by atoms with Gasteiger partial charge in [0.1, 0.15) is 0 Å². The molecule has 0 aromatic heterocycles. The zero-order chi connectivity index (χ0) is 20.1. The molecule has 2 aliphatic rings. The zero-order valence-electron chi connectivity index (χ0n) is 18.0. The van der Waals surface area contributed by atoms with E-state index in [1.807, 2.05) is 0 Å². The van der Waals surface area contributed by atoms with E-state index < -0.39 is 10.0 Å². The minimum Gasteiger partial charge on any atom is -0.354 e. The van der Waals surface area contributed by atoms with Crippen LogP contribution in [0, 0.1) is 27.7 Å². The standard InChI is InChI=1S/C21H30ClN2O3S.2CH2/c1-16-19(22)12-7-13-20(16)28(26,27)24-14-8-11-18(24)15-23-21(25)17-9-5-3-2-4-6-10-17;;/h7,12-13,18H,2-6,8-11,14-15H2,1H3,(H,23,25);2*1H2. The van der Waals surface area contributed by atoms with Crippen LogP contribution in [0.5, 0.6) is 0 Å². The molecule has 5 nitrogen and oxygen atoms in total. The minimum atomic E-state index is -3.63. The predicted molar refractivity (Wildman–Crippen MR) is 122 cm³/mol. The molecule has 0 bridgehead atoms. The number of carbonyl (C=O) groups is 1. The lowest BCUT2D eigenvalue weighted by atomic mass is 9.90. The summed E-state index contributed by atoms with van der Waals surface area (Å²) in [5.74, 6) is 0.975. The molecule has 0 spiro atoms. The van der Waals surface area contributed by atoms with Crippen molar-refractivity contribution >= 4 is 27.5 Å². The molecule has 1 aliphatic carbocycles. The first-order chi connectivity index (χ1) is 13.4. The fourth-order valence-electron chi connectivity index (χ4n) is 4.22. The number of benzene rings is 1. The van der Waals surface area contributed by atoms with Crippen LogP contribution in [0.2, 0.25) is 5.02 Å². The van der Waals surface area contributed by atoms with E-state index in [4.69, 9.17) is 11.6 Å². The fraction of sp³-hybridized carbons (Fsp3) is 0.565. The number of amides is 1. The molecule has 7 heteroatoms. The monoisotopic (exact) mass is 453 g/mol. The van der Waals surface area contributed by atoms with Gasteiger partial charge < -0.3 is 5.32 Å². The Morgan fingerprint density at radius 2 is 1.73 bits per heavy atom. The summed E-state index contributed by atoms with van der Waals surface area (Å²) in [6, 6.07) is 4.76. The first kappa shape index (κ1) is 26.9. The lowest BCUT2D eigenvalue weighted by Gasteiger charge is -2.26. The van der Waals surface area contributed by atoms with E-state index in [0.29, 0.717) is 23.7 Å². The van der Waals surface area contributed by atoms with Crippen molar-refractivity contribution in [2.75, 3.05) is 13.1 Å². The quantitative estimate of drug-likeness (QED) is 0.690. The zero-order valence-corrected chi connectivity index (χ0v) is 19.5. The molecule has 5 radical (unpaired) electrons. The van der Waals surface area contributed by atoms with Crippen molar-refractivity contribution in [2.45, 2.75) is 75.6 Å². The number of nitrogens with one attached hydrogen (secondary N) is 1. The van der Waals surface area contributed by atoms with Gasteiger partial charge in [0.25, 0.3) is 0 Å². The van der Waals surface area contributed by atoms with Crippen molar-refractivity contribution in [2.24, 2.45) is 0 Å². The molecule has 1 saturated heterocycles. The molecule has 167 valence electrons. The van der Waals surface area contributed by atoms with Crippen LogP contribution in [0.25, 0.3) is 0 Å². The van der Waals surface area contributed by atoms with Crippen LogP contribution in [-0.4, -0.2) is 37.8 Å². The Kier molecular flexibility index (Phi) is 10.8. The highest BCUT2D eigenvalue weighted by Gasteiger charge is 2.36. The molecular weight excluding hydrogens is 420 g/mol. The minimum absolute atomic E-state index is 0. The maximum Gasteiger partial charge on any atom is 0.243 e. The average molecular weight is 454 g/mol. The number of halogens is 1. The van der Waals surface area contributed by atoms with Crippen molar-refractivity contribution in [1.29, 1.82) is 0 Å². The molecule has 3 rings (SSSR count). The molecule has 1 N–H and O–H groups in total. The Labute approximate surface area is 188 Å². The first-order valence-electron chi connectivity index (χ1n) is 10.3. The Morgan fingerprint density at radius 1 is 1.10 bits per heavy atom. The molecule has 1 amide bonds. The third kappa shape index (κ3) is 6.21. The molecule has 1 aliphatic heterocycles. The van der Waals surface area contributed by atoms with Gasteiger partial charge in [0.05, 0.1) is 10.8 Å². The Morgan fingerprint density at radius 3 is 2.40 bits per heavy atom. The molecule has 1 unspecified atom stereocenters. The Balaban J connectivity index is 0.00000225. The van der Waals surface area contributed by atoms with E-state index in [-0.39, 0.29) is 31.7 Å². The Hall–Kier alpha value is -1.11. The maximum atomic E-state index is 13.2. The van der Waals surface area contributed by atoms with Crippen LogP contribution >= 0.6 is 11.6 Å². The molecule has 1 atom stereocenters. The third-order valence-corrected chi connectivity index (χ3v) is 8.41. The Bertz CT molecular complexity index is 790. The highest BCUT2D eigenvalue weighted by atomic mass is 35.5. The molecule has 1 heterocycles. The summed E-state index contributed by atoms with van der Waals surface area (Å²) in [7, 11) is -3.63. The second-order valence-corrected chi connectivity index (χ2v) is 10.1. The second-order valence-electron chi connectivity index (χ2n) is 7.86. The molecule has 2 fully saturated rings. The van der Waals surface area contributed by atoms with Crippen LogP contribution in [0.4, 0.5) is 0 Å². The summed E-state index contributed by atoms with van der Waals surface area (Å²) in [6.07, 6.45) is 9.05. The topological polar surface area (TPSA) is 66.5 Å². The number of carbonyl (C=O) groups excluding carboxylic acids is 1. The van der Waals surface area contributed by atoms with Crippen LogP contribution in [-0.2, 0) is 14.8 Å². The van der Waals surface area contributed by atoms with E-state index in [1.54, 1.807) is 25.1 Å². The third-order valence-electron chi connectivity index (χ3n) is 5.90. The molecule has 30 heavy (non-hydrogen) atoms. The average Bonchev–Trinajstić information content (AvgIpc) is 3.11. The normalized spacial score (nSPS) is 21.1. The summed E-state index contributed by atoms with van der Waals surface area (Å²) in [4.78, 5) is 12.9. The van der Waals surface area contributed by atoms with Gasteiger partial charge in [-0.1, -0.05) is 64.6 Å². The van der Waals surface area contributed by atoms with Crippen LogP contribution in [0.1, 0.15) is 63.4 Å². The lowest BCUT2D eigenvalue weighted by Crippen LogP contribution is -2.44. The van der Waals surface area contributed by atoms with Gasteiger partial charge in [-0.05, 0) is 50.3 Å². The highest BCUT2D eigenvalue weighted by molar-refractivity contribution is 7.89. The summed E-state index contributed by atoms with van der Waals surface area (Å²) in [5, 5.41) is 3.46. The number of hydrogen-bond donors (Lipinski definition) is 1. The highest BCUT2D eigenvalue weighted by Crippen LogP contribution is 2.30. The summed E-state index contributed by atoms with van der Waals surface area (Å²) in [6.45, 7) is 2.57. The summed E-state index contributed by atoms with van der Waals surface area (Å²) < 4.78 is 27.9. The fourth-order valence-corrected chi connectivity index (χ4v) is 6.39. The smallest absolute Gasteiger partial charge is 0.243 e. The van der Waals surface area contributed by atoms with E-state index in [2.05, 4.69) is 5.32 Å². The van der Waals surface area contributed by atoms with Gasteiger partial charge in [-0.3, -0.25) is 4.79 Å². The van der Waals surface area contributed by atoms with E-state index in [9.17, 15) is 13.2 Å². The van der Waals surface area contributed by atoms with Crippen molar-refractivity contribution in [3.63, 3.8) is 0 Å². The van der Waals surface area contributed by atoms with Gasteiger partial charge in [-0.15, -0.1) is 0 Å². The number of nitrogens with zero attached hydrogens (tertiary/aromatic N) is 1. The predicted octanol–water partition coefficient (Wildman–Crippen LogP) is 4.89. The summed E-state index contributed by atoms with van der Waals surface area (Å²) >= 11 is 6.13. The molecular formula is C23H34ClN2O3S. The van der Waals surface area contributed by atoms with Crippen LogP contribution in [0.15, 0.2) is 23.1 Å². The van der Waals surface area contributed by atoms with Gasteiger partial charge in [0, 0.05) is 24.2 Å². The number of rotatable bonds is 5. The van der Waals surface area contributed by atoms with Crippen LogP contribution < -0.4 is 5.32 Å².